The lowest BCUT2D eigenvalue weighted by atomic mass is 10.0. The number of anilines is 1. The molecule has 3 rings (SSSR count). The summed E-state index contributed by atoms with van der Waals surface area (Å²) in [6.45, 7) is 2.47. The van der Waals surface area contributed by atoms with Crippen LogP contribution in [0.15, 0.2) is 21.8 Å². The van der Waals surface area contributed by atoms with Gasteiger partial charge in [-0.15, -0.1) is 23.1 Å². The van der Waals surface area contributed by atoms with Gasteiger partial charge in [-0.2, -0.15) is 0 Å². The highest BCUT2D eigenvalue weighted by atomic mass is 32.2. The number of hydrogen-bond donors (Lipinski definition) is 5. The molecule has 2 atom stereocenters. The number of amides is 2. The van der Waals surface area contributed by atoms with E-state index in [1.165, 1.54) is 31.0 Å². The number of nitrogens with two attached hydrogens (primary N) is 2. The summed E-state index contributed by atoms with van der Waals surface area (Å²) in [6, 6.07) is -1.03. The molecule has 0 spiro atoms. The minimum absolute atomic E-state index is 0.0130. The third kappa shape index (κ3) is 4.26. The Balaban J connectivity index is 1.83. The molecule has 0 bridgehead atoms. The number of carboxylic acid groups (broad SMARTS) is 2. The quantitative estimate of drug-likeness (QED) is 0.172. The molecular weight excluding hydrogens is 464 g/mol. The number of aromatic nitrogens is 1. The van der Waals surface area contributed by atoms with Crippen LogP contribution >= 0.6 is 23.1 Å². The molecule has 1 saturated heterocycles. The molecule has 2 aliphatic rings. The van der Waals surface area contributed by atoms with Crippen molar-refractivity contribution in [2.45, 2.75) is 30.9 Å². The third-order valence-electron chi connectivity index (χ3n) is 4.64. The van der Waals surface area contributed by atoms with E-state index in [9.17, 15) is 29.4 Å². The van der Waals surface area contributed by atoms with Crippen molar-refractivity contribution in [2.24, 2.45) is 10.9 Å². The summed E-state index contributed by atoms with van der Waals surface area (Å²) in [5.41, 5.74) is 9.35. The molecule has 1 unspecified atom stereocenters. The van der Waals surface area contributed by atoms with E-state index >= 15 is 0 Å². The van der Waals surface area contributed by atoms with E-state index in [0.717, 1.165) is 16.2 Å². The number of nitrogen functional groups attached to an aromatic ring is 1. The summed E-state index contributed by atoms with van der Waals surface area (Å²) in [6.07, 6.45) is 0. The maximum Gasteiger partial charge on any atom is 0.352 e. The van der Waals surface area contributed by atoms with Gasteiger partial charge in [-0.3, -0.25) is 14.5 Å². The maximum absolute atomic E-state index is 12.9. The van der Waals surface area contributed by atoms with Gasteiger partial charge in [0, 0.05) is 17.7 Å². The van der Waals surface area contributed by atoms with Crippen molar-refractivity contribution in [1.29, 1.82) is 0 Å². The molecule has 0 saturated carbocycles. The van der Waals surface area contributed by atoms with Crippen molar-refractivity contribution in [3.63, 3.8) is 0 Å². The van der Waals surface area contributed by atoms with Crippen molar-refractivity contribution in [3.05, 3.63) is 22.3 Å². The first-order valence-electron chi connectivity index (χ1n) is 9.09. The van der Waals surface area contributed by atoms with E-state index < -0.39 is 40.8 Å². The molecule has 172 valence electrons. The highest BCUT2D eigenvalue weighted by molar-refractivity contribution is 8.00. The number of rotatable bonds is 8. The molecular formula is C17H20N6O7S2. The van der Waals surface area contributed by atoms with Gasteiger partial charge in [-0.05, 0) is 19.4 Å². The van der Waals surface area contributed by atoms with Crippen LogP contribution in [0.1, 0.15) is 19.5 Å². The number of carbonyl (C=O) groups excluding carboxylic acids is 2. The molecule has 2 aliphatic heterocycles. The number of carbonyl (C=O) groups is 4. The molecule has 1 aromatic rings. The Morgan fingerprint density at radius 3 is 2.62 bits per heavy atom. The molecule has 15 heteroatoms. The smallest absolute Gasteiger partial charge is 0.352 e. The van der Waals surface area contributed by atoms with Gasteiger partial charge in [0.2, 0.25) is 5.60 Å². The van der Waals surface area contributed by atoms with Gasteiger partial charge in [0.05, 0.1) is 0 Å². The van der Waals surface area contributed by atoms with Gasteiger partial charge < -0.3 is 31.8 Å². The van der Waals surface area contributed by atoms with Crippen LogP contribution in [0.25, 0.3) is 0 Å². The van der Waals surface area contributed by atoms with Gasteiger partial charge in [0.25, 0.3) is 11.8 Å². The van der Waals surface area contributed by atoms with E-state index in [2.05, 4.69) is 15.5 Å². The van der Waals surface area contributed by atoms with Crippen LogP contribution in [0.5, 0.6) is 0 Å². The molecule has 2 amide bonds. The fraction of sp³-hybridized carbons (Fsp3) is 0.412. The van der Waals surface area contributed by atoms with Gasteiger partial charge in [0.1, 0.15) is 22.8 Å². The average Bonchev–Trinajstić information content (AvgIpc) is 3.16. The van der Waals surface area contributed by atoms with Crippen molar-refractivity contribution in [3.8, 4) is 0 Å². The van der Waals surface area contributed by atoms with Crippen molar-refractivity contribution < 1.29 is 34.2 Å². The molecule has 0 radical (unpaired) electrons. The van der Waals surface area contributed by atoms with E-state index in [1.807, 2.05) is 0 Å². The van der Waals surface area contributed by atoms with Gasteiger partial charge in [-0.25, -0.2) is 14.6 Å². The van der Waals surface area contributed by atoms with Crippen LogP contribution in [0.3, 0.4) is 0 Å². The van der Waals surface area contributed by atoms with E-state index in [4.69, 9.17) is 16.3 Å². The lowest BCUT2D eigenvalue weighted by Crippen LogP contribution is -2.71. The lowest BCUT2D eigenvalue weighted by Gasteiger charge is -2.49. The summed E-state index contributed by atoms with van der Waals surface area (Å²) >= 11 is 2.29. The molecule has 0 aliphatic carbocycles. The standard InChI is InChI=1S/C17H20N6O7S2/c1-17(2,15(28)29)30-22-8(7-5-32-16(19)20-7)11(24)21-9-12(25)23-10(14(26)27)6(3-18)4-31-13(9)23/h5,9,13H,3-4,18H2,1-2H3,(H2,19,20)(H,21,24)(H,26,27)(H,28,29)/t9?,13-/m0/s1. The number of oxime groups is 1. The number of aliphatic carboxylic acids is 2. The number of thiazole rings is 1. The largest absolute Gasteiger partial charge is 0.478 e. The zero-order valence-corrected chi connectivity index (χ0v) is 18.5. The number of fused-ring (bicyclic) bond motifs is 1. The normalized spacial score (nSPS) is 21.0. The fourth-order valence-electron chi connectivity index (χ4n) is 2.85. The molecule has 3 heterocycles. The Morgan fingerprint density at radius 2 is 2.09 bits per heavy atom. The summed E-state index contributed by atoms with van der Waals surface area (Å²) in [4.78, 5) is 58.5. The second-order valence-corrected chi connectivity index (χ2v) is 9.23. The van der Waals surface area contributed by atoms with E-state index in [1.54, 1.807) is 0 Å². The molecule has 1 aromatic heterocycles. The summed E-state index contributed by atoms with van der Waals surface area (Å²) in [5.74, 6) is -3.79. The number of thioether (sulfide) groups is 1. The Kier molecular flexibility index (Phi) is 6.43. The first kappa shape index (κ1) is 23.5. The Labute approximate surface area is 189 Å². The van der Waals surface area contributed by atoms with Gasteiger partial charge >= 0.3 is 11.9 Å². The zero-order valence-electron chi connectivity index (χ0n) is 16.9. The number of nitrogens with one attached hydrogen (secondary N) is 1. The number of β-lactam (4-membered cyclic amide) rings is 1. The predicted molar refractivity (Wildman–Crippen MR) is 115 cm³/mol. The van der Waals surface area contributed by atoms with Crippen LogP contribution < -0.4 is 16.8 Å². The zero-order chi connectivity index (χ0) is 23.8. The lowest BCUT2D eigenvalue weighted by molar-refractivity contribution is -0.161. The molecule has 13 nitrogen and oxygen atoms in total. The summed E-state index contributed by atoms with van der Waals surface area (Å²) in [5, 5.41) is 25.7. The average molecular weight is 485 g/mol. The molecule has 1 fully saturated rings. The Hall–Kier alpha value is -3.17. The van der Waals surface area contributed by atoms with Gasteiger partial charge in [0.15, 0.2) is 10.8 Å². The number of nitrogens with zero attached hydrogens (tertiary/aromatic N) is 3. The Bertz CT molecular complexity index is 1050. The van der Waals surface area contributed by atoms with Crippen molar-refractivity contribution in [1.82, 2.24) is 15.2 Å². The minimum atomic E-state index is -1.74. The van der Waals surface area contributed by atoms with Crippen molar-refractivity contribution >= 4 is 57.7 Å². The topological polar surface area (TPSA) is 211 Å². The van der Waals surface area contributed by atoms with Crippen LogP contribution in [0.4, 0.5) is 5.13 Å². The second kappa shape index (κ2) is 8.76. The molecule has 32 heavy (non-hydrogen) atoms. The first-order valence-corrected chi connectivity index (χ1v) is 11.0. The second-order valence-electron chi connectivity index (χ2n) is 7.24. The first-order chi connectivity index (χ1) is 15.0. The predicted octanol–water partition coefficient (Wildman–Crippen LogP) is -0.993. The van der Waals surface area contributed by atoms with Crippen LogP contribution in [-0.4, -0.2) is 78.9 Å². The highest BCUT2D eigenvalue weighted by Crippen LogP contribution is 2.40. The van der Waals surface area contributed by atoms with Crippen LogP contribution in [0.2, 0.25) is 0 Å². The van der Waals surface area contributed by atoms with E-state index in [-0.39, 0.29) is 28.8 Å². The minimum Gasteiger partial charge on any atom is -0.478 e. The Morgan fingerprint density at radius 1 is 1.41 bits per heavy atom. The number of hydrogen-bond acceptors (Lipinski definition) is 11. The monoisotopic (exact) mass is 484 g/mol. The van der Waals surface area contributed by atoms with Crippen molar-refractivity contribution in [2.75, 3.05) is 18.0 Å². The highest BCUT2D eigenvalue weighted by Gasteiger charge is 2.54. The maximum atomic E-state index is 12.9. The molecule has 7 N–H and O–H groups in total. The SMILES string of the molecule is CC(C)(ON=C(C(=O)NC1C(=O)N2C(C(=O)O)=C(CN)CS[C@@H]12)c1csc(N)n1)C(=O)O. The summed E-state index contributed by atoms with van der Waals surface area (Å²) < 4.78 is 0. The van der Waals surface area contributed by atoms with Crippen LogP contribution in [-0.2, 0) is 24.0 Å². The fourth-order valence-corrected chi connectivity index (χ4v) is 4.76. The summed E-state index contributed by atoms with van der Waals surface area (Å²) in [7, 11) is 0. The van der Waals surface area contributed by atoms with Gasteiger partial charge in [-0.1, -0.05) is 5.16 Å². The third-order valence-corrected chi connectivity index (χ3v) is 6.66. The van der Waals surface area contributed by atoms with E-state index in [0.29, 0.717) is 11.3 Å². The number of carboxylic acids is 2. The van der Waals surface area contributed by atoms with Crippen LogP contribution in [0, 0.1) is 0 Å². The molecule has 0 aromatic carbocycles.